The summed E-state index contributed by atoms with van der Waals surface area (Å²) >= 11 is 0. The quantitative estimate of drug-likeness (QED) is 0.841. The predicted octanol–water partition coefficient (Wildman–Crippen LogP) is 2.72. The molecule has 1 aliphatic heterocycles. The minimum atomic E-state index is -0.583. The molecule has 1 aromatic carbocycles. The monoisotopic (exact) mass is 336 g/mol. The van der Waals surface area contributed by atoms with E-state index in [1.807, 2.05) is 18.2 Å². The SMILES string of the molecule is Cc1cc(CCCc2ccccc2)oc(=O)c1C(=O)N1CC(C#N)C1. The summed E-state index contributed by atoms with van der Waals surface area (Å²) in [4.78, 5) is 26.2. The summed E-state index contributed by atoms with van der Waals surface area (Å²) in [6.45, 7) is 2.52. The van der Waals surface area contributed by atoms with E-state index in [1.54, 1.807) is 13.0 Å². The number of benzene rings is 1. The second kappa shape index (κ2) is 7.35. The van der Waals surface area contributed by atoms with Gasteiger partial charge in [0.05, 0.1) is 12.0 Å². The lowest BCUT2D eigenvalue weighted by Gasteiger charge is -2.35. The van der Waals surface area contributed by atoms with Crippen molar-refractivity contribution in [2.45, 2.75) is 26.2 Å². The van der Waals surface area contributed by atoms with Crippen molar-refractivity contribution in [3.63, 3.8) is 0 Å². The summed E-state index contributed by atoms with van der Waals surface area (Å²) in [5, 5.41) is 8.80. The van der Waals surface area contributed by atoms with E-state index in [1.165, 1.54) is 10.5 Å². The molecule has 2 heterocycles. The lowest BCUT2D eigenvalue weighted by Crippen LogP contribution is -2.50. The van der Waals surface area contributed by atoms with Gasteiger partial charge >= 0.3 is 5.63 Å². The summed E-state index contributed by atoms with van der Waals surface area (Å²) in [6, 6.07) is 14.0. The van der Waals surface area contributed by atoms with Crippen LogP contribution in [0, 0.1) is 24.2 Å². The number of aryl methyl sites for hydroxylation is 3. The number of amides is 1. The molecule has 5 nitrogen and oxygen atoms in total. The van der Waals surface area contributed by atoms with Crippen LogP contribution in [0.3, 0.4) is 0 Å². The Kier molecular flexibility index (Phi) is 4.99. The molecule has 0 spiro atoms. The van der Waals surface area contributed by atoms with Gasteiger partial charge in [-0.15, -0.1) is 0 Å². The fraction of sp³-hybridized carbons (Fsp3) is 0.350. The lowest BCUT2D eigenvalue weighted by atomic mass is 9.99. The molecule has 25 heavy (non-hydrogen) atoms. The predicted molar refractivity (Wildman–Crippen MR) is 93.2 cm³/mol. The van der Waals surface area contributed by atoms with Crippen LogP contribution in [0.2, 0.25) is 0 Å². The summed E-state index contributed by atoms with van der Waals surface area (Å²) in [5.74, 6) is 0.135. The van der Waals surface area contributed by atoms with Crippen LogP contribution < -0.4 is 5.63 Å². The van der Waals surface area contributed by atoms with Crippen molar-refractivity contribution in [2.24, 2.45) is 5.92 Å². The number of nitriles is 1. The Hall–Kier alpha value is -2.87. The molecular formula is C20H20N2O3. The molecule has 0 bridgehead atoms. The molecule has 0 unspecified atom stereocenters. The number of rotatable bonds is 5. The minimum absolute atomic E-state index is 0.0863. The number of likely N-dealkylation sites (tertiary alicyclic amines) is 1. The van der Waals surface area contributed by atoms with E-state index in [9.17, 15) is 9.59 Å². The first-order valence-electron chi connectivity index (χ1n) is 8.45. The maximum atomic E-state index is 12.4. The second-order valence-corrected chi connectivity index (χ2v) is 6.43. The van der Waals surface area contributed by atoms with E-state index >= 15 is 0 Å². The molecular weight excluding hydrogens is 316 g/mol. The molecule has 0 N–H and O–H groups in total. The Labute approximate surface area is 146 Å². The van der Waals surface area contributed by atoms with Crippen LogP contribution >= 0.6 is 0 Å². The van der Waals surface area contributed by atoms with Gasteiger partial charge in [-0.3, -0.25) is 4.79 Å². The van der Waals surface area contributed by atoms with Crippen molar-refractivity contribution in [3.8, 4) is 6.07 Å². The Morgan fingerprint density at radius 2 is 2.00 bits per heavy atom. The topological polar surface area (TPSA) is 74.3 Å². The van der Waals surface area contributed by atoms with E-state index in [-0.39, 0.29) is 17.4 Å². The highest BCUT2D eigenvalue weighted by Crippen LogP contribution is 2.19. The molecule has 0 aliphatic carbocycles. The van der Waals surface area contributed by atoms with Crippen molar-refractivity contribution in [2.75, 3.05) is 13.1 Å². The number of hydrogen-bond acceptors (Lipinski definition) is 4. The van der Waals surface area contributed by atoms with Crippen LogP contribution in [0.15, 0.2) is 45.6 Å². The van der Waals surface area contributed by atoms with E-state index in [4.69, 9.17) is 9.68 Å². The summed E-state index contributed by atoms with van der Waals surface area (Å²) in [5.41, 5.74) is 1.39. The highest BCUT2D eigenvalue weighted by molar-refractivity contribution is 5.95. The first-order valence-corrected chi connectivity index (χ1v) is 8.45. The summed E-state index contributed by atoms with van der Waals surface area (Å²) < 4.78 is 5.35. The van der Waals surface area contributed by atoms with Gasteiger partial charge in [-0.25, -0.2) is 4.79 Å². The first-order chi connectivity index (χ1) is 12.1. The Morgan fingerprint density at radius 1 is 1.28 bits per heavy atom. The summed E-state index contributed by atoms with van der Waals surface area (Å²) in [7, 11) is 0. The van der Waals surface area contributed by atoms with E-state index < -0.39 is 5.63 Å². The molecule has 1 aromatic heterocycles. The third-order valence-electron chi connectivity index (χ3n) is 4.50. The van der Waals surface area contributed by atoms with Gasteiger partial charge in [0, 0.05) is 19.5 Å². The van der Waals surface area contributed by atoms with Gasteiger partial charge < -0.3 is 9.32 Å². The number of hydrogen-bond donors (Lipinski definition) is 0. The molecule has 3 rings (SSSR count). The second-order valence-electron chi connectivity index (χ2n) is 6.43. The largest absolute Gasteiger partial charge is 0.427 e. The molecule has 2 aromatic rings. The average Bonchev–Trinajstić information content (AvgIpc) is 2.54. The van der Waals surface area contributed by atoms with Crippen molar-refractivity contribution >= 4 is 5.91 Å². The van der Waals surface area contributed by atoms with Gasteiger partial charge in [0.25, 0.3) is 5.91 Å². The zero-order valence-corrected chi connectivity index (χ0v) is 14.2. The van der Waals surface area contributed by atoms with Crippen LogP contribution in [0.5, 0.6) is 0 Å². The van der Waals surface area contributed by atoms with Gasteiger partial charge in [0.15, 0.2) is 0 Å². The van der Waals surface area contributed by atoms with Crippen LogP contribution in [0.1, 0.15) is 33.7 Å². The van der Waals surface area contributed by atoms with Crippen LogP contribution in [-0.2, 0) is 12.8 Å². The van der Waals surface area contributed by atoms with Crippen molar-refractivity contribution in [1.29, 1.82) is 5.26 Å². The molecule has 128 valence electrons. The highest BCUT2D eigenvalue weighted by atomic mass is 16.4. The van der Waals surface area contributed by atoms with Gasteiger partial charge in [-0.1, -0.05) is 30.3 Å². The summed E-state index contributed by atoms with van der Waals surface area (Å²) in [6.07, 6.45) is 2.43. The standard InChI is InChI=1S/C20H20N2O3/c1-14-10-17(9-5-8-15-6-3-2-4-7-15)25-20(24)18(14)19(23)22-12-16(11-21)13-22/h2-4,6-7,10,16H,5,8-9,12-13H2,1H3. The van der Waals surface area contributed by atoms with Gasteiger partial charge in [0.2, 0.25) is 0 Å². The lowest BCUT2D eigenvalue weighted by molar-refractivity contribution is 0.0571. The average molecular weight is 336 g/mol. The van der Waals surface area contributed by atoms with Crippen molar-refractivity contribution < 1.29 is 9.21 Å². The number of carbonyl (C=O) groups excluding carboxylic acids is 1. The van der Waals surface area contributed by atoms with Crippen molar-refractivity contribution in [1.82, 2.24) is 4.90 Å². The Bertz CT molecular complexity index is 859. The first kappa shape index (κ1) is 17.0. The van der Waals surface area contributed by atoms with Gasteiger partial charge in [-0.2, -0.15) is 5.26 Å². The van der Waals surface area contributed by atoms with E-state index in [0.29, 0.717) is 30.8 Å². The molecule has 1 aliphatic rings. The Balaban J connectivity index is 1.65. The fourth-order valence-corrected chi connectivity index (χ4v) is 3.05. The maximum Gasteiger partial charge on any atom is 0.349 e. The third kappa shape index (κ3) is 3.80. The van der Waals surface area contributed by atoms with Gasteiger partial charge in [0.1, 0.15) is 11.3 Å². The molecule has 1 amide bonds. The fourth-order valence-electron chi connectivity index (χ4n) is 3.05. The molecule has 5 heteroatoms. The van der Waals surface area contributed by atoms with Gasteiger partial charge in [-0.05, 0) is 37.0 Å². The molecule has 1 fully saturated rings. The Morgan fingerprint density at radius 3 is 2.64 bits per heavy atom. The molecule has 0 radical (unpaired) electrons. The normalized spacial score (nSPS) is 14.0. The number of carbonyl (C=O) groups is 1. The smallest absolute Gasteiger partial charge is 0.349 e. The van der Waals surface area contributed by atoms with Crippen molar-refractivity contribution in [3.05, 3.63) is 69.3 Å². The highest BCUT2D eigenvalue weighted by Gasteiger charge is 2.33. The van der Waals surface area contributed by atoms with E-state index in [2.05, 4.69) is 18.2 Å². The maximum absolute atomic E-state index is 12.4. The zero-order chi connectivity index (χ0) is 17.8. The van der Waals surface area contributed by atoms with Crippen LogP contribution in [0.25, 0.3) is 0 Å². The minimum Gasteiger partial charge on any atom is -0.427 e. The molecule has 0 atom stereocenters. The van der Waals surface area contributed by atoms with E-state index in [0.717, 1.165) is 12.8 Å². The van der Waals surface area contributed by atoms with Crippen LogP contribution in [-0.4, -0.2) is 23.9 Å². The number of nitrogens with zero attached hydrogens (tertiary/aromatic N) is 2. The molecule has 0 saturated carbocycles. The third-order valence-corrected chi connectivity index (χ3v) is 4.50. The van der Waals surface area contributed by atoms with Crippen LogP contribution in [0.4, 0.5) is 0 Å². The zero-order valence-electron chi connectivity index (χ0n) is 14.2. The molecule has 1 saturated heterocycles.